The van der Waals surface area contributed by atoms with Gasteiger partial charge >= 0.3 is 74.2 Å². The predicted molar refractivity (Wildman–Crippen MR) is 45.9 cm³/mol. The topological polar surface area (TPSA) is 0 Å². The number of fused-ring (bicyclic) bond motifs is 1. The predicted octanol–water partition coefficient (Wildman–Crippen LogP) is 2.55. The molecule has 1 aromatic heterocycles. The number of halogens is 1. The van der Waals surface area contributed by atoms with Crippen molar-refractivity contribution in [1.82, 2.24) is 0 Å². The molecule has 1 heterocycles. The number of hydrogen-bond donors (Lipinski definition) is 0. The van der Waals surface area contributed by atoms with Crippen LogP contribution in [0.2, 0.25) is 5.02 Å². The molecule has 0 unspecified atom stereocenters. The van der Waals surface area contributed by atoms with Gasteiger partial charge in [-0.3, -0.25) is 0 Å². The van der Waals surface area contributed by atoms with E-state index < -0.39 is 0 Å². The van der Waals surface area contributed by atoms with Gasteiger partial charge in [0.1, 0.15) is 0 Å². The van der Waals surface area contributed by atoms with Crippen LogP contribution in [-0.4, -0.2) is 20.4 Å². The van der Waals surface area contributed by atoms with Crippen molar-refractivity contribution in [2.45, 2.75) is 0 Å². The van der Waals surface area contributed by atoms with Crippen molar-refractivity contribution >= 4 is 40.8 Å². The van der Waals surface area contributed by atoms with Crippen LogP contribution in [0, 0.1) is 0 Å². The van der Waals surface area contributed by atoms with E-state index >= 15 is 0 Å². The molecule has 2 rings (SSSR count). The summed E-state index contributed by atoms with van der Waals surface area (Å²) in [6.45, 7) is 0. The third-order valence-electron chi connectivity index (χ3n) is 1.43. The maximum atomic E-state index is 5.94. The minimum absolute atomic E-state index is 0.0766. The zero-order valence-corrected chi connectivity index (χ0v) is 8.26. The van der Waals surface area contributed by atoms with Gasteiger partial charge in [0.25, 0.3) is 0 Å². The molecule has 2 heteroatoms. The summed E-state index contributed by atoms with van der Waals surface area (Å²) < 4.78 is 3.65. The van der Waals surface area contributed by atoms with Crippen LogP contribution in [0.25, 0.3) is 8.79 Å². The molecule has 0 aliphatic rings. The summed E-state index contributed by atoms with van der Waals surface area (Å²) in [4.78, 5) is 0. The van der Waals surface area contributed by atoms with Gasteiger partial charge in [0, 0.05) is 0 Å². The number of rotatable bonds is 0. The summed E-state index contributed by atoms with van der Waals surface area (Å²) in [5.74, 6) is 0. The van der Waals surface area contributed by atoms with Crippen LogP contribution in [0.1, 0.15) is 0 Å². The molecular formula is C8H5ClTe. The third kappa shape index (κ3) is 0.992. The van der Waals surface area contributed by atoms with Crippen molar-refractivity contribution in [2.24, 2.45) is 0 Å². The van der Waals surface area contributed by atoms with Gasteiger partial charge in [-0.15, -0.1) is 0 Å². The first-order chi connectivity index (χ1) is 4.88. The molecule has 0 saturated heterocycles. The van der Waals surface area contributed by atoms with Crippen molar-refractivity contribution in [3.05, 3.63) is 33.4 Å². The Kier molecular flexibility index (Phi) is 1.74. The third-order valence-corrected chi connectivity index (χ3v) is 4.90. The molecule has 0 saturated carbocycles. The van der Waals surface area contributed by atoms with Gasteiger partial charge in [0.2, 0.25) is 0 Å². The van der Waals surface area contributed by atoms with Crippen molar-refractivity contribution in [1.29, 1.82) is 0 Å². The first-order valence-corrected chi connectivity index (χ1v) is 5.88. The molecule has 0 aliphatic heterocycles. The fraction of sp³-hybridized carbons (Fsp3) is 0. The van der Waals surface area contributed by atoms with E-state index in [2.05, 4.69) is 22.3 Å². The van der Waals surface area contributed by atoms with Crippen LogP contribution in [0.4, 0.5) is 0 Å². The van der Waals surface area contributed by atoms with Crippen molar-refractivity contribution in [3.63, 3.8) is 0 Å². The van der Waals surface area contributed by atoms with Gasteiger partial charge < -0.3 is 0 Å². The van der Waals surface area contributed by atoms with Crippen LogP contribution in [0.3, 0.4) is 0 Å². The molecule has 0 atom stereocenters. The molecule has 0 aliphatic carbocycles. The molecule has 0 amide bonds. The molecule has 0 radical (unpaired) electrons. The zero-order chi connectivity index (χ0) is 6.97. The number of benzene rings is 1. The summed E-state index contributed by atoms with van der Waals surface area (Å²) >= 11 is 5.86. The summed E-state index contributed by atoms with van der Waals surface area (Å²) in [7, 11) is 0. The van der Waals surface area contributed by atoms with E-state index in [1.807, 2.05) is 6.07 Å². The average Bonchev–Trinajstić information content (AvgIpc) is 2.34. The summed E-state index contributed by atoms with van der Waals surface area (Å²) in [6, 6.07) is 8.37. The monoisotopic (exact) mass is 266 g/mol. The normalized spacial score (nSPS) is 10.5. The molecule has 0 spiro atoms. The van der Waals surface area contributed by atoms with Gasteiger partial charge in [-0.2, -0.15) is 0 Å². The van der Waals surface area contributed by atoms with Gasteiger partial charge in [-0.1, -0.05) is 0 Å². The van der Waals surface area contributed by atoms with E-state index in [-0.39, 0.29) is 20.4 Å². The van der Waals surface area contributed by atoms with E-state index in [9.17, 15) is 0 Å². The summed E-state index contributed by atoms with van der Waals surface area (Å²) in [5.41, 5.74) is 0. The Morgan fingerprint density at radius 1 is 1.20 bits per heavy atom. The van der Waals surface area contributed by atoms with Crippen LogP contribution >= 0.6 is 11.6 Å². The second-order valence-electron chi connectivity index (χ2n) is 2.08. The van der Waals surface area contributed by atoms with Gasteiger partial charge in [-0.05, 0) is 0 Å². The van der Waals surface area contributed by atoms with Gasteiger partial charge in [0.05, 0.1) is 0 Å². The zero-order valence-electron chi connectivity index (χ0n) is 5.17. The van der Waals surface area contributed by atoms with Gasteiger partial charge in [-0.25, -0.2) is 0 Å². The van der Waals surface area contributed by atoms with E-state index in [4.69, 9.17) is 11.6 Å². The fourth-order valence-electron chi connectivity index (χ4n) is 0.945. The van der Waals surface area contributed by atoms with E-state index in [0.29, 0.717) is 0 Å². The Balaban J connectivity index is 2.93. The van der Waals surface area contributed by atoms with Crippen LogP contribution < -0.4 is 0 Å². The Labute approximate surface area is 74.0 Å². The molecule has 10 heavy (non-hydrogen) atoms. The SMILES string of the molecule is Clc1c[te]c2ccccc12. The molecule has 0 N–H and O–H groups in total. The second kappa shape index (κ2) is 2.58. The van der Waals surface area contributed by atoms with E-state index in [1.54, 1.807) is 0 Å². The Bertz CT molecular complexity index is 351. The van der Waals surface area contributed by atoms with Crippen molar-refractivity contribution in [3.8, 4) is 0 Å². The molecule has 0 bridgehead atoms. The van der Waals surface area contributed by atoms with Crippen LogP contribution in [0.5, 0.6) is 0 Å². The maximum absolute atomic E-state index is 5.94. The summed E-state index contributed by atoms with van der Waals surface area (Å²) in [6.07, 6.45) is 0. The Hall–Kier alpha value is 0.0396. The molecule has 50 valence electrons. The van der Waals surface area contributed by atoms with Crippen LogP contribution in [0.15, 0.2) is 28.3 Å². The first kappa shape index (κ1) is 6.73. The molecule has 2 aromatic rings. The Morgan fingerprint density at radius 2 is 2.00 bits per heavy atom. The molecule has 1 aromatic carbocycles. The molecule has 0 fully saturated rings. The van der Waals surface area contributed by atoms with Gasteiger partial charge in [0.15, 0.2) is 0 Å². The quantitative estimate of drug-likeness (QED) is 0.641. The standard InChI is InChI=1S/C8H5ClTe/c9-7-5-10-8-4-2-1-3-6(7)8/h1-5H. The van der Waals surface area contributed by atoms with Crippen molar-refractivity contribution < 1.29 is 0 Å². The second-order valence-corrected chi connectivity index (χ2v) is 5.09. The Morgan fingerprint density at radius 3 is 2.80 bits per heavy atom. The van der Waals surface area contributed by atoms with E-state index in [1.165, 1.54) is 8.79 Å². The van der Waals surface area contributed by atoms with E-state index in [0.717, 1.165) is 5.02 Å². The molecule has 0 nitrogen and oxygen atoms in total. The number of hydrogen-bond acceptors (Lipinski definition) is 0. The van der Waals surface area contributed by atoms with Crippen LogP contribution in [-0.2, 0) is 0 Å². The average molecular weight is 264 g/mol. The van der Waals surface area contributed by atoms with Crippen molar-refractivity contribution in [2.75, 3.05) is 0 Å². The first-order valence-electron chi connectivity index (χ1n) is 2.99. The summed E-state index contributed by atoms with van der Waals surface area (Å²) in [5, 5.41) is 2.21. The minimum atomic E-state index is -0.0766. The molecular weight excluding hydrogens is 259 g/mol. The fourth-order valence-corrected chi connectivity index (χ4v) is 3.92.